The number of hydrogen-bond donors (Lipinski definition) is 0. The van der Waals surface area contributed by atoms with Crippen molar-refractivity contribution in [3.8, 4) is 0 Å². The van der Waals surface area contributed by atoms with Crippen molar-refractivity contribution in [1.29, 1.82) is 0 Å². The molecule has 1 aliphatic rings. The second-order valence-electron chi connectivity index (χ2n) is 9.94. The molecule has 1 rings (SSSR count). The Balaban J connectivity index is 2.27. The lowest BCUT2D eigenvalue weighted by atomic mass is 9.89. The van der Waals surface area contributed by atoms with Gasteiger partial charge in [-0.05, 0) is 39.5 Å². The maximum atomic E-state index is 12.4. The van der Waals surface area contributed by atoms with E-state index in [0.29, 0.717) is 0 Å². The Bertz CT molecular complexity index is 374. The summed E-state index contributed by atoms with van der Waals surface area (Å²) in [6.45, 7) is 9.86. The molecule has 3 heteroatoms. The van der Waals surface area contributed by atoms with Gasteiger partial charge in [-0.1, -0.05) is 96.8 Å². The zero-order valence-electron chi connectivity index (χ0n) is 19.6. The number of hydrogen-bond acceptors (Lipinski definition) is 2. The van der Waals surface area contributed by atoms with Crippen LogP contribution in [0.1, 0.15) is 130 Å². The van der Waals surface area contributed by atoms with Gasteiger partial charge in [0.2, 0.25) is 0 Å². The van der Waals surface area contributed by atoms with Crippen molar-refractivity contribution in [2.75, 3.05) is 13.1 Å². The molecule has 0 aromatic heterocycles. The number of unbranched alkanes of at least 4 members (excludes halogenated alkanes) is 6. The van der Waals surface area contributed by atoms with E-state index in [4.69, 9.17) is 4.74 Å². The first kappa shape index (κ1) is 25.3. The molecule has 0 aromatic carbocycles. The average Bonchev–Trinajstić information content (AvgIpc) is 2.61. The second kappa shape index (κ2) is 15.2. The van der Waals surface area contributed by atoms with Crippen LogP contribution in [0.25, 0.3) is 0 Å². The molecule has 1 saturated heterocycles. The molecule has 0 saturated carbocycles. The molecule has 0 N–H and O–H groups in total. The van der Waals surface area contributed by atoms with Crippen molar-refractivity contribution in [2.45, 2.75) is 136 Å². The summed E-state index contributed by atoms with van der Waals surface area (Å²) >= 11 is 0. The molecule has 0 aromatic rings. The zero-order valence-corrected chi connectivity index (χ0v) is 19.6. The Kier molecular flexibility index (Phi) is 13.7. The summed E-state index contributed by atoms with van der Waals surface area (Å²) in [5, 5.41) is 0. The van der Waals surface area contributed by atoms with Gasteiger partial charge in [-0.2, -0.15) is 0 Å². The van der Waals surface area contributed by atoms with Crippen LogP contribution in [-0.2, 0) is 4.74 Å². The molecule has 1 fully saturated rings. The normalized spacial score (nSPS) is 18.4. The van der Waals surface area contributed by atoms with Crippen LogP contribution in [0.2, 0.25) is 0 Å². The summed E-state index contributed by atoms with van der Waals surface area (Å²) in [7, 11) is 0. The Morgan fingerprint density at radius 1 is 0.821 bits per heavy atom. The first-order chi connectivity index (χ1) is 13.4. The number of amides is 1. The lowest BCUT2D eigenvalue weighted by Crippen LogP contribution is -2.38. The zero-order chi connectivity index (χ0) is 20.7. The van der Waals surface area contributed by atoms with Gasteiger partial charge in [-0.25, -0.2) is 4.79 Å². The molecule has 1 aliphatic heterocycles. The van der Waals surface area contributed by atoms with Gasteiger partial charge in [0.15, 0.2) is 0 Å². The maximum Gasteiger partial charge on any atom is 0.410 e. The van der Waals surface area contributed by atoms with E-state index in [0.717, 1.165) is 31.8 Å². The minimum atomic E-state index is -0.399. The summed E-state index contributed by atoms with van der Waals surface area (Å²) in [5.41, 5.74) is -0.399. The van der Waals surface area contributed by atoms with E-state index in [1.54, 1.807) is 0 Å². The quantitative estimate of drug-likeness (QED) is 0.388. The average molecular weight is 396 g/mol. The van der Waals surface area contributed by atoms with Crippen LogP contribution in [0.5, 0.6) is 0 Å². The van der Waals surface area contributed by atoms with Gasteiger partial charge in [0, 0.05) is 13.1 Å². The lowest BCUT2D eigenvalue weighted by molar-refractivity contribution is 0.0242. The lowest BCUT2D eigenvalue weighted by Gasteiger charge is -2.28. The molecule has 0 spiro atoms. The molecule has 0 radical (unpaired) electrons. The highest BCUT2D eigenvalue weighted by Gasteiger charge is 2.22. The molecule has 0 bridgehead atoms. The van der Waals surface area contributed by atoms with Crippen molar-refractivity contribution in [3.05, 3.63) is 0 Å². The van der Waals surface area contributed by atoms with Gasteiger partial charge in [-0.15, -0.1) is 0 Å². The predicted molar refractivity (Wildman–Crippen MR) is 121 cm³/mol. The van der Waals surface area contributed by atoms with E-state index < -0.39 is 5.60 Å². The number of ether oxygens (including phenoxy) is 1. The molecule has 0 unspecified atom stereocenters. The SMILES string of the molecule is CCCCCCCCCC1CCCCCN(C(=O)OC(C)(C)C)CCCCC1. The number of carbonyl (C=O) groups is 1. The predicted octanol–water partition coefficient (Wildman–Crippen LogP) is 8.11. The fraction of sp³-hybridized carbons (Fsp3) is 0.960. The van der Waals surface area contributed by atoms with E-state index in [1.807, 2.05) is 25.7 Å². The standard InChI is InChI=1S/C25H49NO2/c1-5-6-7-8-9-10-13-18-23-19-14-11-16-21-26(22-17-12-15-20-23)24(27)28-25(2,3)4/h23H,5-22H2,1-4H3. The highest BCUT2D eigenvalue weighted by atomic mass is 16.6. The van der Waals surface area contributed by atoms with Gasteiger partial charge in [0.05, 0.1) is 0 Å². The van der Waals surface area contributed by atoms with E-state index in [9.17, 15) is 4.79 Å². The van der Waals surface area contributed by atoms with E-state index in [-0.39, 0.29) is 6.09 Å². The number of nitrogens with zero attached hydrogens (tertiary/aromatic N) is 1. The van der Waals surface area contributed by atoms with E-state index >= 15 is 0 Å². The molecule has 0 aliphatic carbocycles. The molecule has 28 heavy (non-hydrogen) atoms. The second-order valence-corrected chi connectivity index (χ2v) is 9.94. The summed E-state index contributed by atoms with van der Waals surface area (Å²) < 4.78 is 5.59. The van der Waals surface area contributed by atoms with E-state index in [1.165, 1.54) is 89.9 Å². The third kappa shape index (κ3) is 13.4. The van der Waals surface area contributed by atoms with Crippen LogP contribution >= 0.6 is 0 Å². The van der Waals surface area contributed by atoms with Crippen LogP contribution in [0.15, 0.2) is 0 Å². The first-order valence-electron chi connectivity index (χ1n) is 12.4. The summed E-state index contributed by atoms with van der Waals surface area (Å²) in [5.74, 6) is 0.942. The van der Waals surface area contributed by atoms with Gasteiger partial charge >= 0.3 is 6.09 Å². The number of carbonyl (C=O) groups excluding carboxylic acids is 1. The topological polar surface area (TPSA) is 29.5 Å². The fourth-order valence-electron chi connectivity index (χ4n) is 4.27. The van der Waals surface area contributed by atoms with Gasteiger partial charge in [0.1, 0.15) is 5.60 Å². The molecular formula is C25H49NO2. The highest BCUT2D eigenvalue weighted by Crippen LogP contribution is 2.25. The van der Waals surface area contributed by atoms with E-state index in [2.05, 4.69) is 6.92 Å². The van der Waals surface area contributed by atoms with Gasteiger partial charge in [0.25, 0.3) is 0 Å². The van der Waals surface area contributed by atoms with Crippen LogP contribution in [0, 0.1) is 5.92 Å². The smallest absolute Gasteiger partial charge is 0.410 e. The molecular weight excluding hydrogens is 346 g/mol. The summed E-state index contributed by atoms with van der Waals surface area (Å²) in [4.78, 5) is 14.4. The number of rotatable bonds is 8. The third-order valence-electron chi connectivity index (χ3n) is 5.95. The largest absolute Gasteiger partial charge is 0.444 e. The van der Waals surface area contributed by atoms with Crippen molar-refractivity contribution >= 4 is 6.09 Å². The van der Waals surface area contributed by atoms with Crippen molar-refractivity contribution in [3.63, 3.8) is 0 Å². The Morgan fingerprint density at radius 3 is 1.89 bits per heavy atom. The van der Waals surface area contributed by atoms with Crippen LogP contribution in [-0.4, -0.2) is 29.7 Å². The van der Waals surface area contributed by atoms with Crippen molar-refractivity contribution in [1.82, 2.24) is 4.90 Å². The minimum Gasteiger partial charge on any atom is -0.444 e. The Hall–Kier alpha value is -0.730. The maximum absolute atomic E-state index is 12.4. The van der Waals surface area contributed by atoms with Gasteiger partial charge < -0.3 is 9.64 Å². The minimum absolute atomic E-state index is 0.124. The van der Waals surface area contributed by atoms with Crippen molar-refractivity contribution < 1.29 is 9.53 Å². The van der Waals surface area contributed by atoms with Gasteiger partial charge in [-0.3, -0.25) is 0 Å². The first-order valence-corrected chi connectivity index (χ1v) is 12.4. The Labute approximate surface area is 176 Å². The highest BCUT2D eigenvalue weighted by molar-refractivity contribution is 5.68. The fourth-order valence-corrected chi connectivity index (χ4v) is 4.27. The van der Waals surface area contributed by atoms with Crippen LogP contribution in [0.4, 0.5) is 4.79 Å². The molecule has 1 heterocycles. The molecule has 0 atom stereocenters. The molecule has 3 nitrogen and oxygen atoms in total. The Morgan fingerprint density at radius 2 is 1.36 bits per heavy atom. The van der Waals surface area contributed by atoms with Crippen LogP contribution in [0.3, 0.4) is 0 Å². The van der Waals surface area contributed by atoms with Crippen molar-refractivity contribution in [2.24, 2.45) is 5.92 Å². The third-order valence-corrected chi connectivity index (χ3v) is 5.95. The summed E-state index contributed by atoms with van der Waals surface area (Å²) in [6.07, 6.45) is 21.4. The summed E-state index contributed by atoms with van der Waals surface area (Å²) in [6, 6.07) is 0. The van der Waals surface area contributed by atoms with Crippen LogP contribution < -0.4 is 0 Å². The monoisotopic (exact) mass is 395 g/mol. The molecule has 166 valence electrons. The molecule has 1 amide bonds.